The van der Waals surface area contributed by atoms with Gasteiger partial charge < -0.3 is 31.4 Å². The summed E-state index contributed by atoms with van der Waals surface area (Å²) >= 11 is 0. The van der Waals surface area contributed by atoms with Gasteiger partial charge >= 0.3 is 6.09 Å². The lowest BCUT2D eigenvalue weighted by Gasteiger charge is -2.46. The number of hydrogen-bond donors (Lipinski definition) is 1. The average molecular weight is 566 g/mol. The quantitative estimate of drug-likeness (QED) is 0.168. The van der Waals surface area contributed by atoms with Crippen LogP contribution in [-0.2, 0) is 23.7 Å². The van der Waals surface area contributed by atoms with E-state index in [1.807, 2.05) is 6.92 Å². The molecule has 214 valence electrons. The lowest BCUT2D eigenvalue weighted by Crippen LogP contribution is -2.57. The fourth-order valence-electron chi connectivity index (χ4n) is 4.56. The highest BCUT2D eigenvalue weighted by atomic mass is 32.2. The second-order valence-corrected chi connectivity index (χ2v) is 13.2. The zero-order valence-corrected chi connectivity index (χ0v) is 23.3. The van der Waals surface area contributed by atoms with Gasteiger partial charge in [0.2, 0.25) is 5.83 Å². The molecule has 2 saturated heterocycles. The molecule has 3 fully saturated rings. The van der Waals surface area contributed by atoms with Crippen molar-refractivity contribution in [3.63, 3.8) is 0 Å². The van der Waals surface area contributed by atoms with Crippen LogP contribution in [-0.4, -0.2) is 83.9 Å². The number of carbonyl (C=O) groups is 1. The predicted molar refractivity (Wildman–Crippen MR) is 148 cm³/mol. The first kappa shape index (κ1) is 29.0. The summed E-state index contributed by atoms with van der Waals surface area (Å²) < 4.78 is 60.5. The minimum atomic E-state index is -2.80. The highest BCUT2D eigenvalue weighted by Gasteiger charge is 2.47. The molecule has 2 bridgehead atoms. The number of likely N-dealkylation sites (tertiary alicyclic amines) is 1. The number of hydrogen-bond acceptors (Lipinski definition) is 7. The average Bonchev–Trinajstić information content (AvgIpc) is 3.61. The van der Waals surface area contributed by atoms with Gasteiger partial charge in [0.1, 0.15) is 17.5 Å². The molecule has 2 aliphatic heterocycles. The van der Waals surface area contributed by atoms with Crippen molar-refractivity contribution in [1.82, 2.24) is 4.90 Å². The fourth-order valence-corrected chi connectivity index (χ4v) is 5.63. The molecule has 1 N–H and O–H groups in total. The van der Waals surface area contributed by atoms with Crippen molar-refractivity contribution in [2.75, 3.05) is 38.7 Å². The van der Waals surface area contributed by atoms with Crippen molar-refractivity contribution in [3.8, 4) is 0 Å². The molecular formula is C27H35F2N4O5S-. The largest absolute Gasteiger partial charge is 0.471 e. The Balaban J connectivity index is 1.49. The summed E-state index contributed by atoms with van der Waals surface area (Å²) in [5.74, 6) is 0.725. The monoisotopic (exact) mass is 565 g/mol. The molecule has 0 spiro atoms. The molecule has 9 nitrogen and oxygen atoms in total. The van der Waals surface area contributed by atoms with E-state index in [4.69, 9.17) is 14.2 Å². The van der Waals surface area contributed by atoms with Crippen LogP contribution in [0.15, 0.2) is 44.8 Å². The molecule has 4 unspecified atom stereocenters. The third-order valence-electron chi connectivity index (χ3n) is 7.30. The standard InChI is InChI=1S/C27H35F2N4O5S/c1-16(2)39(6,35)19-7-8-21(20(28)11-19)32-24(30-4)22(29)25(31-5)37-23-17-12-33(13-18(23)15-36-14-17)26(34)38-27(3)9-10-27/h7-8,11,16-18,23H,1,5-6,9-10,12-15H2,2-4H3,(H,30,32)/q-1/b25-22-. The van der Waals surface area contributed by atoms with E-state index < -0.39 is 38.4 Å². The number of amides is 1. The van der Waals surface area contributed by atoms with Crippen LogP contribution >= 0.6 is 0 Å². The summed E-state index contributed by atoms with van der Waals surface area (Å²) in [6.45, 7) is 12.0. The number of rotatable bonds is 8. The molecule has 1 saturated carbocycles. The zero-order valence-electron chi connectivity index (χ0n) is 22.5. The number of anilines is 1. The smallest absolute Gasteiger partial charge is 0.410 e. The number of fused-ring (bicyclic) bond motifs is 2. The van der Waals surface area contributed by atoms with Gasteiger partial charge in [-0.15, -0.1) is 0 Å². The maximum atomic E-state index is 15.6. The Kier molecular flexibility index (Phi) is 8.36. The minimum Gasteiger partial charge on any atom is -0.471 e. The Hall–Kier alpha value is -2.99. The highest BCUT2D eigenvalue weighted by molar-refractivity contribution is 8.01. The molecule has 12 heteroatoms. The Morgan fingerprint density at radius 2 is 1.97 bits per heavy atom. The summed E-state index contributed by atoms with van der Waals surface area (Å²) in [5.41, 5.74) is -0.477. The summed E-state index contributed by atoms with van der Waals surface area (Å²) in [7, 11) is -1.47. The van der Waals surface area contributed by atoms with E-state index in [0.29, 0.717) is 26.3 Å². The third kappa shape index (κ3) is 6.27. The normalized spacial score (nSPS) is 27.0. The highest BCUT2D eigenvalue weighted by Crippen LogP contribution is 2.40. The van der Waals surface area contributed by atoms with Gasteiger partial charge in [-0.1, -0.05) is 12.2 Å². The molecule has 4 atom stereocenters. The van der Waals surface area contributed by atoms with Gasteiger partial charge in [0, 0.05) is 36.9 Å². The van der Waals surface area contributed by atoms with E-state index in [1.165, 1.54) is 19.2 Å². The molecule has 4 rings (SSSR count). The fraction of sp³-hybridized carbons (Fsp3) is 0.519. The first-order valence-electron chi connectivity index (χ1n) is 12.7. The number of piperidine rings is 1. The Morgan fingerprint density at radius 3 is 2.49 bits per heavy atom. The first-order valence-corrected chi connectivity index (χ1v) is 14.5. The second kappa shape index (κ2) is 11.2. The Labute approximate surface area is 228 Å². The van der Waals surface area contributed by atoms with Gasteiger partial charge in [-0.2, -0.15) is 4.39 Å². The molecule has 2 heterocycles. The molecule has 0 radical (unpaired) electrons. The maximum Gasteiger partial charge on any atom is 0.410 e. The van der Waals surface area contributed by atoms with E-state index in [1.54, 1.807) is 11.8 Å². The van der Waals surface area contributed by atoms with Crippen molar-refractivity contribution in [2.24, 2.45) is 21.8 Å². The van der Waals surface area contributed by atoms with E-state index in [-0.39, 0.29) is 39.9 Å². The molecule has 1 aromatic rings. The number of nitrogens with zero attached hydrogens (tertiary/aromatic N) is 3. The van der Waals surface area contributed by atoms with Crippen LogP contribution in [0.2, 0.25) is 0 Å². The van der Waals surface area contributed by atoms with Crippen LogP contribution in [0.4, 0.5) is 19.3 Å². The molecule has 39 heavy (non-hydrogen) atoms. The van der Waals surface area contributed by atoms with Crippen LogP contribution < -0.4 is 5.32 Å². The van der Waals surface area contributed by atoms with Crippen molar-refractivity contribution in [2.45, 2.75) is 48.5 Å². The summed E-state index contributed by atoms with van der Waals surface area (Å²) in [5, 5.41) is 2.07. The van der Waals surface area contributed by atoms with Crippen molar-refractivity contribution < 1.29 is 32.0 Å². The van der Waals surface area contributed by atoms with Crippen LogP contribution in [0.5, 0.6) is 0 Å². The third-order valence-corrected chi connectivity index (χ3v) is 9.65. The SMILES string of the molecule is C=N/C(OC1C2COCC1CN(C(=O)OC1(C)CC1)C2)=C(/F)C(=NC)Nc1ccc(S(=C)(=O)C([CH2-])C)cc1F. The molecular weight excluding hydrogens is 530 g/mol. The summed E-state index contributed by atoms with van der Waals surface area (Å²) in [6.07, 6.45) is 0.838. The number of ether oxygens (including phenoxy) is 3. The number of nitrogens with one attached hydrogen (secondary N) is 1. The Morgan fingerprint density at radius 1 is 1.33 bits per heavy atom. The number of amidine groups is 1. The van der Waals surface area contributed by atoms with Crippen molar-refractivity contribution >= 4 is 39.7 Å². The second-order valence-electron chi connectivity index (χ2n) is 10.5. The van der Waals surface area contributed by atoms with Crippen molar-refractivity contribution in [3.05, 3.63) is 42.7 Å². The number of halogens is 2. The number of benzene rings is 1. The predicted octanol–water partition coefficient (Wildman–Crippen LogP) is 4.06. The van der Waals surface area contributed by atoms with E-state index in [0.717, 1.165) is 18.9 Å². The number of carbonyl (C=O) groups excluding carboxylic acids is 1. The van der Waals surface area contributed by atoms with Crippen LogP contribution in [0.25, 0.3) is 0 Å². The van der Waals surface area contributed by atoms with Crippen molar-refractivity contribution in [1.29, 1.82) is 0 Å². The lowest BCUT2D eigenvalue weighted by atomic mass is 9.84. The van der Waals surface area contributed by atoms with Crippen LogP contribution in [0.3, 0.4) is 0 Å². The number of aliphatic imine (C=N–C) groups is 2. The molecule has 0 aromatic heterocycles. The van der Waals surface area contributed by atoms with Gasteiger partial charge in [-0.05, 0) is 60.1 Å². The first-order chi connectivity index (χ1) is 18.4. The van der Waals surface area contributed by atoms with Gasteiger partial charge in [0.05, 0.1) is 18.9 Å². The van der Waals surface area contributed by atoms with Gasteiger partial charge in [0.25, 0.3) is 5.88 Å². The van der Waals surface area contributed by atoms with E-state index in [2.05, 4.69) is 34.8 Å². The van der Waals surface area contributed by atoms with E-state index in [9.17, 15) is 13.4 Å². The van der Waals surface area contributed by atoms with Gasteiger partial charge in [0.15, 0.2) is 5.84 Å². The summed E-state index contributed by atoms with van der Waals surface area (Å²) in [4.78, 5) is 22.1. The van der Waals surface area contributed by atoms with Crippen LogP contribution in [0, 0.1) is 24.6 Å². The zero-order chi connectivity index (χ0) is 28.5. The topological polar surface area (TPSA) is 102 Å². The maximum absolute atomic E-state index is 15.6. The summed E-state index contributed by atoms with van der Waals surface area (Å²) in [6, 6.07) is 3.86. The minimum absolute atomic E-state index is 0.0914. The lowest BCUT2D eigenvalue weighted by molar-refractivity contribution is -0.131. The molecule has 3 aliphatic rings. The molecule has 1 amide bonds. The molecule has 1 aromatic carbocycles. The van der Waals surface area contributed by atoms with Gasteiger partial charge in [-0.3, -0.25) is 9.20 Å². The molecule has 1 aliphatic carbocycles. The van der Waals surface area contributed by atoms with Crippen LogP contribution in [0.1, 0.15) is 26.7 Å². The Bertz CT molecular complexity index is 1280. The van der Waals surface area contributed by atoms with E-state index >= 15 is 4.39 Å². The van der Waals surface area contributed by atoms with Gasteiger partial charge in [-0.25, -0.2) is 14.2 Å².